The molecule has 0 rings (SSSR count). The molecule has 0 aromatic heterocycles. The van der Waals surface area contributed by atoms with Gasteiger partial charge in [-0.05, 0) is 51.4 Å². The van der Waals surface area contributed by atoms with Gasteiger partial charge in [-0.1, -0.05) is 184 Å². The second-order valence-corrected chi connectivity index (χ2v) is 12.2. The lowest BCUT2D eigenvalue weighted by Crippen LogP contribution is -2.05. The summed E-state index contributed by atoms with van der Waals surface area (Å²) >= 11 is 0. The molecule has 0 radical (unpaired) electrons. The number of hydrogen-bond acceptors (Lipinski definition) is 2. The van der Waals surface area contributed by atoms with Crippen LogP contribution >= 0.6 is 0 Å². The van der Waals surface area contributed by atoms with E-state index in [0.29, 0.717) is 13.0 Å². The van der Waals surface area contributed by atoms with Crippen molar-refractivity contribution in [2.24, 2.45) is 0 Å². The Bertz CT molecular complexity index is 642. The van der Waals surface area contributed by atoms with E-state index in [9.17, 15) is 4.79 Å². The van der Waals surface area contributed by atoms with Crippen molar-refractivity contribution in [3.05, 3.63) is 48.6 Å². The van der Waals surface area contributed by atoms with E-state index in [2.05, 4.69) is 62.5 Å². The van der Waals surface area contributed by atoms with Crippen LogP contribution in [0.3, 0.4) is 0 Å². The zero-order valence-corrected chi connectivity index (χ0v) is 28.4. The van der Waals surface area contributed by atoms with Crippen LogP contribution in [0.2, 0.25) is 0 Å². The Labute approximate surface area is 263 Å². The molecule has 0 aromatic carbocycles. The van der Waals surface area contributed by atoms with E-state index in [1.54, 1.807) is 0 Å². The molecule has 2 nitrogen and oxygen atoms in total. The number of allylic oxidation sites excluding steroid dienone is 8. The fourth-order valence-electron chi connectivity index (χ4n) is 5.19. The molecule has 2 heteroatoms. The van der Waals surface area contributed by atoms with Gasteiger partial charge in [-0.15, -0.1) is 0 Å². The molecule has 0 aliphatic carbocycles. The highest BCUT2D eigenvalue weighted by Crippen LogP contribution is 2.14. The van der Waals surface area contributed by atoms with Crippen LogP contribution in [0.25, 0.3) is 0 Å². The summed E-state index contributed by atoms with van der Waals surface area (Å²) in [5.41, 5.74) is 0. The first kappa shape index (κ1) is 40.4. The van der Waals surface area contributed by atoms with Crippen molar-refractivity contribution < 1.29 is 9.53 Å². The number of carbonyl (C=O) groups is 1. The summed E-state index contributed by atoms with van der Waals surface area (Å²) in [6.07, 6.45) is 53.2. The third-order valence-corrected chi connectivity index (χ3v) is 7.97. The van der Waals surface area contributed by atoms with Crippen LogP contribution in [0.4, 0.5) is 0 Å². The van der Waals surface area contributed by atoms with E-state index in [1.807, 2.05) is 0 Å². The Hall–Kier alpha value is -1.57. The zero-order chi connectivity index (χ0) is 30.4. The van der Waals surface area contributed by atoms with Gasteiger partial charge in [-0.25, -0.2) is 0 Å². The summed E-state index contributed by atoms with van der Waals surface area (Å²) in [5, 5.41) is 0. The minimum atomic E-state index is -0.0298. The number of unbranched alkanes of at least 4 members (excludes halogenated alkanes) is 21. The summed E-state index contributed by atoms with van der Waals surface area (Å²) < 4.78 is 5.42. The van der Waals surface area contributed by atoms with Crippen LogP contribution in [-0.4, -0.2) is 12.6 Å². The van der Waals surface area contributed by atoms with Gasteiger partial charge in [0.25, 0.3) is 0 Å². The normalized spacial score (nSPS) is 12.1. The largest absolute Gasteiger partial charge is 0.466 e. The first-order valence-corrected chi connectivity index (χ1v) is 18.6. The molecule has 0 fully saturated rings. The zero-order valence-electron chi connectivity index (χ0n) is 28.4. The fourth-order valence-corrected chi connectivity index (χ4v) is 5.19. The molecule has 0 atom stereocenters. The number of ether oxygens (including phenoxy) is 1. The molecular formula is C40H72O2. The Balaban J connectivity index is 3.31. The maximum absolute atomic E-state index is 11.9. The molecule has 0 saturated heterocycles. The van der Waals surface area contributed by atoms with E-state index in [0.717, 1.165) is 38.5 Å². The van der Waals surface area contributed by atoms with Gasteiger partial charge in [-0.3, -0.25) is 4.79 Å². The fraction of sp³-hybridized carbons (Fsp3) is 0.775. The van der Waals surface area contributed by atoms with Gasteiger partial charge in [0.05, 0.1) is 6.61 Å². The highest BCUT2D eigenvalue weighted by atomic mass is 16.5. The van der Waals surface area contributed by atoms with Crippen molar-refractivity contribution in [1.82, 2.24) is 0 Å². The lowest BCUT2D eigenvalue weighted by atomic mass is 10.0. The van der Waals surface area contributed by atoms with Crippen molar-refractivity contribution in [1.29, 1.82) is 0 Å². The number of carbonyl (C=O) groups excluding carboxylic acids is 1. The van der Waals surface area contributed by atoms with Crippen molar-refractivity contribution >= 4 is 5.97 Å². The Morgan fingerprint density at radius 2 is 0.738 bits per heavy atom. The van der Waals surface area contributed by atoms with Gasteiger partial charge in [-0.2, -0.15) is 0 Å². The lowest BCUT2D eigenvalue weighted by Gasteiger charge is -2.05. The molecule has 0 heterocycles. The molecule has 0 bridgehead atoms. The van der Waals surface area contributed by atoms with Crippen LogP contribution in [0.1, 0.15) is 194 Å². The number of hydrogen-bond donors (Lipinski definition) is 0. The highest BCUT2D eigenvalue weighted by molar-refractivity contribution is 5.69. The lowest BCUT2D eigenvalue weighted by molar-refractivity contribution is -0.143. The van der Waals surface area contributed by atoms with E-state index >= 15 is 0 Å². The molecule has 0 spiro atoms. The Morgan fingerprint density at radius 1 is 0.405 bits per heavy atom. The molecule has 0 N–H and O–H groups in total. The summed E-state index contributed by atoms with van der Waals surface area (Å²) in [5.74, 6) is -0.0298. The van der Waals surface area contributed by atoms with Crippen molar-refractivity contribution in [2.45, 2.75) is 194 Å². The second kappa shape index (κ2) is 37.5. The maximum atomic E-state index is 11.9. The van der Waals surface area contributed by atoms with Crippen molar-refractivity contribution in [2.75, 3.05) is 6.61 Å². The van der Waals surface area contributed by atoms with E-state index in [1.165, 1.54) is 135 Å². The van der Waals surface area contributed by atoms with Gasteiger partial charge in [0.2, 0.25) is 0 Å². The molecule has 244 valence electrons. The van der Waals surface area contributed by atoms with E-state index in [4.69, 9.17) is 4.74 Å². The van der Waals surface area contributed by atoms with Crippen molar-refractivity contribution in [3.63, 3.8) is 0 Å². The summed E-state index contributed by atoms with van der Waals surface area (Å²) in [6.45, 7) is 5.14. The molecular weight excluding hydrogens is 512 g/mol. The maximum Gasteiger partial charge on any atom is 0.305 e. The summed E-state index contributed by atoms with van der Waals surface area (Å²) in [4.78, 5) is 11.9. The monoisotopic (exact) mass is 585 g/mol. The average molecular weight is 585 g/mol. The van der Waals surface area contributed by atoms with Crippen LogP contribution in [0.5, 0.6) is 0 Å². The van der Waals surface area contributed by atoms with Gasteiger partial charge >= 0.3 is 5.97 Å². The van der Waals surface area contributed by atoms with Crippen LogP contribution < -0.4 is 0 Å². The topological polar surface area (TPSA) is 26.3 Å². The first-order chi connectivity index (χ1) is 20.8. The molecule has 0 aliphatic heterocycles. The standard InChI is InChI=1S/C40H72O2/c1-3-5-7-9-11-13-15-17-19-21-23-25-27-29-31-33-35-37-39-42-40(41)38-36-34-32-30-28-26-24-22-20-18-16-14-12-10-8-6-4-2/h12,14,18,20,24,26,30,32H,3-11,13,15-17,19,21-23,25,27-29,31,33-39H2,1-2H3/b14-12-,20-18-,26-24-,32-30-. The molecule has 42 heavy (non-hydrogen) atoms. The smallest absolute Gasteiger partial charge is 0.305 e. The molecule has 0 amide bonds. The molecule has 0 aliphatic rings. The second-order valence-electron chi connectivity index (χ2n) is 12.2. The van der Waals surface area contributed by atoms with Gasteiger partial charge in [0.15, 0.2) is 0 Å². The number of rotatable bonds is 33. The Kier molecular flexibility index (Phi) is 36.1. The molecule has 0 aromatic rings. The van der Waals surface area contributed by atoms with E-state index < -0.39 is 0 Å². The highest BCUT2D eigenvalue weighted by Gasteiger charge is 2.01. The van der Waals surface area contributed by atoms with Crippen molar-refractivity contribution in [3.8, 4) is 0 Å². The van der Waals surface area contributed by atoms with Crippen LogP contribution in [0, 0.1) is 0 Å². The molecule has 0 unspecified atom stereocenters. The minimum Gasteiger partial charge on any atom is -0.466 e. The quantitative estimate of drug-likeness (QED) is 0.0435. The average Bonchev–Trinajstić information content (AvgIpc) is 3.00. The molecule has 0 saturated carbocycles. The van der Waals surface area contributed by atoms with Gasteiger partial charge < -0.3 is 4.74 Å². The summed E-state index contributed by atoms with van der Waals surface area (Å²) in [6, 6.07) is 0. The van der Waals surface area contributed by atoms with Crippen LogP contribution in [0.15, 0.2) is 48.6 Å². The predicted octanol–water partition coefficient (Wildman–Crippen LogP) is 13.7. The summed E-state index contributed by atoms with van der Waals surface area (Å²) in [7, 11) is 0. The first-order valence-electron chi connectivity index (χ1n) is 18.6. The SMILES string of the molecule is CCCCC/C=C\C/C=C\C/C=C\C/C=C\CCCC(=O)OCCCCCCCCCCCCCCCCCCCC. The van der Waals surface area contributed by atoms with Gasteiger partial charge in [0, 0.05) is 6.42 Å². The Morgan fingerprint density at radius 3 is 1.17 bits per heavy atom. The third-order valence-electron chi connectivity index (χ3n) is 7.97. The predicted molar refractivity (Wildman–Crippen MR) is 188 cm³/mol. The minimum absolute atomic E-state index is 0.0298. The third kappa shape index (κ3) is 36.5. The van der Waals surface area contributed by atoms with Crippen LogP contribution in [-0.2, 0) is 9.53 Å². The number of esters is 1. The van der Waals surface area contributed by atoms with Gasteiger partial charge in [0.1, 0.15) is 0 Å². The van der Waals surface area contributed by atoms with E-state index in [-0.39, 0.29) is 5.97 Å².